The lowest BCUT2D eigenvalue weighted by Crippen LogP contribution is -1.93. The van der Waals surface area contributed by atoms with E-state index in [4.69, 9.17) is 15.7 Å². The van der Waals surface area contributed by atoms with Crippen molar-refractivity contribution in [2.24, 2.45) is 9.98 Å². The van der Waals surface area contributed by atoms with E-state index >= 15 is 0 Å². The highest BCUT2D eigenvalue weighted by Crippen LogP contribution is 2.36. The van der Waals surface area contributed by atoms with Gasteiger partial charge in [0.15, 0.2) is 0 Å². The molecule has 2 atom stereocenters. The van der Waals surface area contributed by atoms with Crippen LogP contribution in [0.25, 0.3) is 42.0 Å². The summed E-state index contributed by atoms with van der Waals surface area (Å²) >= 11 is 7.01. The van der Waals surface area contributed by atoms with Crippen molar-refractivity contribution in [3.05, 3.63) is 70.7 Å². The fraction of sp³-hybridized carbons (Fsp3) is 0.200. The number of phenolic OH excluding ortho intramolecular Hbond substituents is 1. The zero-order chi connectivity index (χ0) is 27.4. The van der Waals surface area contributed by atoms with Gasteiger partial charge >= 0.3 is 0 Å². The summed E-state index contributed by atoms with van der Waals surface area (Å²) in [5.41, 5.74) is 8.70. The van der Waals surface area contributed by atoms with Crippen molar-refractivity contribution in [2.75, 3.05) is 17.2 Å². The summed E-state index contributed by atoms with van der Waals surface area (Å²) in [5, 5.41) is 18.3. The first-order chi connectivity index (χ1) is 19.4. The van der Waals surface area contributed by atoms with Gasteiger partial charge in [-0.3, -0.25) is 9.98 Å². The summed E-state index contributed by atoms with van der Waals surface area (Å²) in [6.07, 6.45) is 0. The quantitative estimate of drug-likeness (QED) is 0.196. The van der Waals surface area contributed by atoms with E-state index in [9.17, 15) is 5.11 Å². The monoisotopic (exact) mass is 599 g/mol. The highest BCUT2D eigenvalue weighted by Gasteiger charge is 2.20. The number of hydrogen-bond acceptors (Lipinski definition) is 10. The predicted octanol–water partition coefficient (Wildman–Crippen LogP) is 7.95. The van der Waals surface area contributed by atoms with E-state index in [0.717, 1.165) is 59.1 Å². The van der Waals surface area contributed by atoms with Crippen LogP contribution < -0.4 is 5.73 Å². The van der Waals surface area contributed by atoms with Crippen molar-refractivity contribution < 1.29 is 5.11 Å². The number of nitrogen functional groups attached to an aromatic ring is 1. The number of aliphatic imine (C=N–C) groups is 2. The Morgan fingerprint density at radius 3 is 1.75 bits per heavy atom. The van der Waals surface area contributed by atoms with Gasteiger partial charge in [0.05, 0.1) is 32.5 Å². The average molecular weight is 600 g/mol. The number of fused-ring (bicyclic) bond motifs is 6. The summed E-state index contributed by atoms with van der Waals surface area (Å²) in [6.45, 7) is 4.27. The van der Waals surface area contributed by atoms with E-state index in [1.54, 1.807) is 58.3 Å². The third-order valence-electron chi connectivity index (χ3n) is 6.71. The van der Waals surface area contributed by atoms with Gasteiger partial charge in [-0.1, -0.05) is 18.2 Å². The van der Waals surface area contributed by atoms with Crippen molar-refractivity contribution in [2.45, 2.75) is 25.9 Å². The molecule has 10 heteroatoms. The molecular formula is C30H25N5OS4. The van der Waals surface area contributed by atoms with E-state index in [-0.39, 0.29) is 0 Å². The predicted molar refractivity (Wildman–Crippen MR) is 177 cm³/mol. The summed E-state index contributed by atoms with van der Waals surface area (Å²) in [5.74, 6) is 2.40. The second-order valence-electron chi connectivity index (χ2n) is 9.94. The molecule has 0 saturated carbocycles. The molecule has 6 aromatic rings. The fourth-order valence-electron chi connectivity index (χ4n) is 4.80. The molecule has 4 aromatic carbocycles. The molecule has 0 spiro atoms. The van der Waals surface area contributed by atoms with Crippen LogP contribution in [0.4, 0.5) is 5.69 Å². The number of thioether (sulfide) groups is 2. The van der Waals surface area contributed by atoms with Gasteiger partial charge < -0.3 is 10.8 Å². The largest absolute Gasteiger partial charge is 0.508 e. The van der Waals surface area contributed by atoms with Crippen LogP contribution in [0, 0.1) is 0 Å². The van der Waals surface area contributed by atoms with Gasteiger partial charge in [0.2, 0.25) is 0 Å². The summed E-state index contributed by atoms with van der Waals surface area (Å²) in [4.78, 5) is 18.7. The minimum absolute atomic E-state index is 0.297. The Morgan fingerprint density at radius 2 is 1.23 bits per heavy atom. The van der Waals surface area contributed by atoms with Crippen LogP contribution in [0.2, 0.25) is 0 Å². The lowest BCUT2D eigenvalue weighted by molar-refractivity contribution is 0.476. The maximum Gasteiger partial charge on any atom is 0.149 e. The molecule has 3 N–H and O–H groups in total. The van der Waals surface area contributed by atoms with Crippen molar-refractivity contribution >= 4 is 104 Å². The van der Waals surface area contributed by atoms with Crippen LogP contribution >= 0.6 is 46.2 Å². The van der Waals surface area contributed by atoms with Crippen molar-refractivity contribution in [3.63, 3.8) is 0 Å². The Balaban J connectivity index is 0.000000132. The van der Waals surface area contributed by atoms with Crippen molar-refractivity contribution in [3.8, 4) is 5.75 Å². The number of aromatic nitrogens is 2. The molecule has 2 aromatic heterocycles. The molecule has 2 aliphatic heterocycles. The molecule has 8 rings (SSSR count). The topological polar surface area (TPSA) is 96.8 Å². The lowest BCUT2D eigenvalue weighted by Gasteiger charge is -1.99. The van der Waals surface area contributed by atoms with E-state index in [1.807, 2.05) is 30.3 Å². The fourth-order valence-corrected chi connectivity index (χ4v) is 9.18. The molecule has 200 valence electrons. The molecule has 0 amide bonds. The smallest absolute Gasteiger partial charge is 0.149 e. The summed E-state index contributed by atoms with van der Waals surface area (Å²) < 4.78 is 2.39. The third-order valence-corrected chi connectivity index (χ3v) is 11.6. The maximum atomic E-state index is 9.57. The van der Waals surface area contributed by atoms with Gasteiger partial charge in [0, 0.05) is 28.0 Å². The molecule has 4 heterocycles. The van der Waals surface area contributed by atoms with Crippen LogP contribution in [0.15, 0.2) is 70.6 Å². The lowest BCUT2D eigenvalue weighted by atomic mass is 10.1. The number of phenols is 1. The number of nitrogens with zero attached hydrogens (tertiary/aromatic N) is 4. The van der Waals surface area contributed by atoms with Crippen LogP contribution in [0.3, 0.4) is 0 Å². The van der Waals surface area contributed by atoms with Gasteiger partial charge in [-0.25, -0.2) is 9.97 Å². The molecule has 0 aliphatic carbocycles. The molecule has 0 bridgehead atoms. The number of aromatic hydroxyl groups is 1. The Hall–Kier alpha value is -3.18. The number of hydrogen-bond donors (Lipinski definition) is 2. The minimum atomic E-state index is 0.297. The molecule has 2 unspecified atom stereocenters. The van der Waals surface area contributed by atoms with E-state index in [0.29, 0.717) is 17.8 Å². The van der Waals surface area contributed by atoms with Crippen LogP contribution in [0.1, 0.15) is 23.9 Å². The Morgan fingerprint density at radius 1 is 0.700 bits per heavy atom. The second kappa shape index (κ2) is 10.3. The number of rotatable bonds is 2. The molecule has 0 saturated heterocycles. The molecule has 6 nitrogen and oxygen atoms in total. The van der Waals surface area contributed by atoms with Crippen molar-refractivity contribution in [1.82, 2.24) is 9.97 Å². The molecule has 0 radical (unpaired) electrons. The number of benzene rings is 4. The number of nitrogens with two attached hydrogens (primary N) is 1. The summed E-state index contributed by atoms with van der Waals surface area (Å²) in [7, 11) is 0. The van der Waals surface area contributed by atoms with Gasteiger partial charge in [0.25, 0.3) is 0 Å². The highest BCUT2D eigenvalue weighted by atomic mass is 32.2. The zero-order valence-electron chi connectivity index (χ0n) is 21.8. The van der Waals surface area contributed by atoms with Crippen LogP contribution in [-0.4, -0.2) is 48.8 Å². The molecular weight excluding hydrogens is 575 g/mol. The van der Waals surface area contributed by atoms with E-state index < -0.39 is 0 Å². The van der Waals surface area contributed by atoms with Crippen molar-refractivity contribution in [1.29, 1.82) is 0 Å². The maximum absolute atomic E-state index is 9.57. The molecule has 40 heavy (non-hydrogen) atoms. The first-order valence-corrected chi connectivity index (χ1v) is 16.5. The zero-order valence-corrected chi connectivity index (χ0v) is 25.1. The summed E-state index contributed by atoms with van der Waals surface area (Å²) in [6, 6.07) is 20.5. The second-order valence-corrected chi connectivity index (χ2v) is 14.0. The first kappa shape index (κ1) is 25.8. The van der Waals surface area contributed by atoms with E-state index in [2.05, 4.69) is 42.0 Å². The minimum Gasteiger partial charge on any atom is -0.508 e. The van der Waals surface area contributed by atoms with Gasteiger partial charge in [-0.15, -0.1) is 46.2 Å². The van der Waals surface area contributed by atoms with Gasteiger partial charge in [-0.2, -0.15) is 0 Å². The van der Waals surface area contributed by atoms with Gasteiger partial charge in [0.1, 0.15) is 25.9 Å². The average Bonchev–Trinajstić information content (AvgIpc) is 3.74. The Kier molecular flexibility index (Phi) is 6.66. The van der Waals surface area contributed by atoms with Crippen LogP contribution in [-0.2, 0) is 0 Å². The number of anilines is 1. The van der Waals surface area contributed by atoms with Gasteiger partial charge in [-0.05, 0) is 67.1 Å². The Labute approximate surface area is 247 Å². The third kappa shape index (κ3) is 4.83. The Bertz CT molecular complexity index is 1850. The van der Waals surface area contributed by atoms with E-state index in [1.165, 1.54) is 20.2 Å². The molecule has 2 aliphatic rings. The highest BCUT2D eigenvalue weighted by molar-refractivity contribution is 8.15. The van der Waals surface area contributed by atoms with Crippen LogP contribution in [0.5, 0.6) is 5.75 Å². The molecule has 0 fully saturated rings. The standard InChI is InChI=1S/C15H13N3S2.C15H12N2OS2/c1-8-7-19-14(17-8)15-18-12-5-2-9-6-10(16)3-4-11(9)13(12)20-15;1-8-7-19-14(16-8)15-17-12-5-2-9-6-10(18)3-4-11(9)13(12)20-15/h2-6,8H,7,16H2,1H3;2-6,8,18H,7H2,1H3. The SMILES string of the molecule is CC1CSC(c2nc3ccc4cc(N)ccc4c3s2)=N1.CC1CSC(c2nc3ccc4cc(O)ccc4c3s2)=N1. The number of thiazole rings is 2. The first-order valence-electron chi connectivity index (χ1n) is 12.9. The normalized spacial score (nSPS) is 18.9.